The Bertz CT molecular complexity index is 500. The fraction of sp³-hybridized carbons (Fsp3) is 0.850. The average Bonchev–Trinajstić information content (AvgIpc) is 2.61. The van der Waals surface area contributed by atoms with Crippen LogP contribution in [0.15, 0.2) is 0 Å². The van der Waals surface area contributed by atoms with Crippen LogP contribution in [0, 0.1) is 39.9 Å². The lowest BCUT2D eigenvalue weighted by Gasteiger charge is -2.38. The van der Waals surface area contributed by atoms with Crippen molar-refractivity contribution < 1.29 is 0 Å². The first-order valence-electron chi connectivity index (χ1n) is 9.57. The van der Waals surface area contributed by atoms with Gasteiger partial charge in [0.1, 0.15) is 0 Å². The molecule has 4 unspecified atom stereocenters. The Kier molecular flexibility index (Phi) is 8.91. The van der Waals surface area contributed by atoms with Crippen LogP contribution >= 0.6 is 0 Å². The maximum absolute atomic E-state index is 8.92. The highest BCUT2D eigenvalue weighted by Gasteiger charge is 2.32. The number of likely N-dealkylation sites (tertiary alicyclic amines) is 2. The van der Waals surface area contributed by atoms with E-state index in [2.05, 4.69) is 43.9 Å². The summed E-state index contributed by atoms with van der Waals surface area (Å²) in [6, 6.07) is 8.33. The topological polar surface area (TPSA) is 77.8 Å². The molecule has 0 aliphatic carbocycles. The SMILES string of the molecule is CC(C)N1C(C#N)CCCC1C#N.CC(C)N1CC(C#N)CCC1C. The normalized spacial score (nSPS) is 30.7. The molecule has 2 aliphatic heterocycles. The summed E-state index contributed by atoms with van der Waals surface area (Å²) in [5, 5.41) is 26.6. The Hall–Kier alpha value is -1.61. The van der Waals surface area contributed by atoms with Crippen LogP contribution in [0.1, 0.15) is 66.7 Å². The van der Waals surface area contributed by atoms with Crippen molar-refractivity contribution in [2.75, 3.05) is 6.54 Å². The summed E-state index contributed by atoms with van der Waals surface area (Å²) >= 11 is 0. The fourth-order valence-corrected chi connectivity index (χ4v) is 3.96. The number of piperidine rings is 2. The van der Waals surface area contributed by atoms with Crippen molar-refractivity contribution in [1.29, 1.82) is 15.8 Å². The number of hydrogen-bond acceptors (Lipinski definition) is 5. The van der Waals surface area contributed by atoms with Crippen molar-refractivity contribution in [2.45, 2.75) is 96.9 Å². The number of rotatable bonds is 2. The molecule has 0 N–H and O–H groups in total. The molecule has 138 valence electrons. The van der Waals surface area contributed by atoms with Gasteiger partial charge in [-0.25, -0.2) is 0 Å². The third-order valence-corrected chi connectivity index (χ3v) is 5.35. The van der Waals surface area contributed by atoms with E-state index in [1.165, 1.54) is 6.42 Å². The van der Waals surface area contributed by atoms with Crippen molar-refractivity contribution >= 4 is 0 Å². The second-order valence-electron chi connectivity index (χ2n) is 7.80. The van der Waals surface area contributed by atoms with Gasteiger partial charge < -0.3 is 0 Å². The van der Waals surface area contributed by atoms with Crippen LogP contribution < -0.4 is 0 Å². The van der Waals surface area contributed by atoms with Gasteiger partial charge in [-0.15, -0.1) is 0 Å². The van der Waals surface area contributed by atoms with Gasteiger partial charge in [-0.3, -0.25) is 9.80 Å². The zero-order valence-corrected chi connectivity index (χ0v) is 16.4. The van der Waals surface area contributed by atoms with E-state index in [-0.39, 0.29) is 24.0 Å². The van der Waals surface area contributed by atoms with Gasteiger partial charge in [0, 0.05) is 24.7 Å². The maximum Gasteiger partial charge on any atom is 0.0990 e. The van der Waals surface area contributed by atoms with Crippen LogP contribution in [0.4, 0.5) is 0 Å². The molecule has 0 aromatic heterocycles. The molecule has 0 saturated carbocycles. The molecule has 2 saturated heterocycles. The third-order valence-electron chi connectivity index (χ3n) is 5.35. The molecule has 2 heterocycles. The summed E-state index contributed by atoms with van der Waals surface area (Å²) < 4.78 is 0. The highest BCUT2D eigenvalue weighted by molar-refractivity contribution is 5.05. The quantitative estimate of drug-likeness (QED) is 0.764. The van der Waals surface area contributed by atoms with Gasteiger partial charge in [0.25, 0.3) is 0 Å². The second kappa shape index (κ2) is 10.4. The number of hydrogen-bond donors (Lipinski definition) is 0. The van der Waals surface area contributed by atoms with Gasteiger partial charge >= 0.3 is 0 Å². The first kappa shape index (κ1) is 21.4. The highest BCUT2D eigenvalue weighted by Crippen LogP contribution is 2.24. The van der Waals surface area contributed by atoms with Crippen LogP contribution in [0.3, 0.4) is 0 Å². The van der Waals surface area contributed by atoms with E-state index in [1.807, 2.05) is 18.7 Å². The van der Waals surface area contributed by atoms with E-state index in [1.54, 1.807) is 0 Å². The molecule has 4 atom stereocenters. The molecule has 0 aromatic carbocycles. The molecule has 0 radical (unpaired) electrons. The smallest absolute Gasteiger partial charge is 0.0990 e. The van der Waals surface area contributed by atoms with Crippen molar-refractivity contribution in [1.82, 2.24) is 9.80 Å². The Balaban J connectivity index is 0.000000251. The van der Waals surface area contributed by atoms with Gasteiger partial charge in [0.05, 0.1) is 36.2 Å². The van der Waals surface area contributed by atoms with Gasteiger partial charge in [-0.2, -0.15) is 15.8 Å². The van der Waals surface area contributed by atoms with Crippen LogP contribution in [0.2, 0.25) is 0 Å². The van der Waals surface area contributed by atoms with Crippen LogP contribution in [0.25, 0.3) is 0 Å². The maximum atomic E-state index is 8.92. The molecular weight excluding hydrogens is 310 g/mol. The molecule has 5 nitrogen and oxygen atoms in total. The lowest BCUT2D eigenvalue weighted by molar-refractivity contribution is 0.103. The second-order valence-corrected chi connectivity index (χ2v) is 7.80. The van der Waals surface area contributed by atoms with Crippen molar-refractivity contribution in [2.24, 2.45) is 5.92 Å². The molecular formula is C20H33N5. The predicted octanol–water partition coefficient (Wildman–Crippen LogP) is 3.68. The monoisotopic (exact) mass is 343 g/mol. The highest BCUT2D eigenvalue weighted by atomic mass is 15.2. The summed E-state index contributed by atoms with van der Waals surface area (Å²) in [5.41, 5.74) is 0. The summed E-state index contributed by atoms with van der Waals surface area (Å²) in [6.07, 6.45) is 5.08. The molecule has 2 aliphatic rings. The predicted molar refractivity (Wildman–Crippen MR) is 99.3 cm³/mol. The first-order valence-corrected chi connectivity index (χ1v) is 9.57. The van der Waals surface area contributed by atoms with Crippen molar-refractivity contribution in [3.05, 3.63) is 0 Å². The minimum Gasteiger partial charge on any atom is -0.297 e. The standard InChI is InChI=1S/C10H15N3.C10H18N2/c1-8(2)13-9(6-11)4-3-5-10(13)7-12;1-8(2)12-7-10(6-11)5-4-9(12)3/h8-10H,3-5H2,1-2H3;8-10H,4-5,7H2,1-3H3. The number of nitriles is 3. The Morgan fingerprint density at radius 2 is 1.36 bits per heavy atom. The van der Waals surface area contributed by atoms with E-state index in [0.29, 0.717) is 12.1 Å². The summed E-state index contributed by atoms with van der Waals surface area (Å²) in [4.78, 5) is 4.46. The van der Waals surface area contributed by atoms with E-state index in [4.69, 9.17) is 15.8 Å². The zero-order valence-electron chi connectivity index (χ0n) is 16.4. The van der Waals surface area contributed by atoms with Crippen LogP contribution in [-0.4, -0.2) is 46.6 Å². The van der Waals surface area contributed by atoms with E-state index < -0.39 is 0 Å². The molecule has 0 aromatic rings. The lowest BCUT2D eigenvalue weighted by atomic mass is 9.93. The Labute approximate surface area is 153 Å². The molecule has 0 spiro atoms. The largest absolute Gasteiger partial charge is 0.297 e. The van der Waals surface area contributed by atoms with E-state index in [9.17, 15) is 0 Å². The average molecular weight is 344 g/mol. The van der Waals surface area contributed by atoms with Gasteiger partial charge in [-0.05, 0) is 66.7 Å². The minimum absolute atomic E-state index is 0.0570. The minimum atomic E-state index is -0.0570. The molecule has 25 heavy (non-hydrogen) atoms. The molecule has 0 amide bonds. The molecule has 2 rings (SSSR count). The van der Waals surface area contributed by atoms with Crippen LogP contribution in [-0.2, 0) is 0 Å². The molecule has 5 heteroatoms. The Morgan fingerprint density at radius 3 is 1.76 bits per heavy atom. The van der Waals surface area contributed by atoms with Crippen LogP contribution in [0.5, 0.6) is 0 Å². The van der Waals surface area contributed by atoms with Gasteiger partial charge in [0.2, 0.25) is 0 Å². The van der Waals surface area contributed by atoms with Crippen molar-refractivity contribution in [3.8, 4) is 18.2 Å². The summed E-state index contributed by atoms with van der Waals surface area (Å²) in [6.45, 7) is 11.7. The van der Waals surface area contributed by atoms with Gasteiger partial charge in [0.15, 0.2) is 0 Å². The first-order chi connectivity index (χ1) is 11.8. The molecule has 0 bridgehead atoms. The zero-order chi connectivity index (χ0) is 19.0. The van der Waals surface area contributed by atoms with E-state index in [0.717, 1.165) is 32.2 Å². The summed E-state index contributed by atoms with van der Waals surface area (Å²) in [7, 11) is 0. The van der Waals surface area contributed by atoms with Crippen molar-refractivity contribution in [3.63, 3.8) is 0 Å². The number of nitrogens with zero attached hydrogens (tertiary/aromatic N) is 5. The van der Waals surface area contributed by atoms with Gasteiger partial charge in [-0.1, -0.05) is 0 Å². The Morgan fingerprint density at radius 1 is 0.800 bits per heavy atom. The molecule has 2 fully saturated rings. The summed E-state index contributed by atoms with van der Waals surface area (Å²) in [5.74, 6) is 0.267. The lowest BCUT2D eigenvalue weighted by Crippen LogP contribution is -2.49. The van der Waals surface area contributed by atoms with E-state index >= 15 is 0 Å². The third kappa shape index (κ3) is 6.00. The fourth-order valence-electron chi connectivity index (χ4n) is 3.96.